The molecule has 6 rings (SSSR count). The highest BCUT2D eigenvalue weighted by atomic mass is 16.2. The van der Waals surface area contributed by atoms with E-state index >= 15 is 0 Å². The number of amides is 3. The Kier molecular flexibility index (Phi) is 4.35. The van der Waals surface area contributed by atoms with Gasteiger partial charge in [-0.2, -0.15) is 0 Å². The van der Waals surface area contributed by atoms with E-state index in [9.17, 15) is 14.4 Å². The number of carbonyl (C=O) groups excluding carboxylic acids is 3. The third kappa shape index (κ3) is 2.51. The Bertz CT molecular complexity index is 1410. The Morgan fingerprint density at radius 2 is 1.62 bits per heavy atom. The number of hydrogen-bond donors (Lipinski definition) is 1. The summed E-state index contributed by atoms with van der Waals surface area (Å²) in [5, 5.41) is 5.21. The number of fused-ring (bicyclic) bond motifs is 5. The number of rotatable bonds is 3. The molecule has 170 valence electrons. The molecule has 3 aliphatic rings. The zero-order chi connectivity index (χ0) is 23.8. The van der Waals surface area contributed by atoms with Crippen LogP contribution in [-0.2, 0) is 19.9 Å². The van der Waals surface area contributed by atoms with Crippen LogP contribution in [0.4, 0.5) is 11.4 Å². The van der Waals surface area contributed by atoms with Crippen LogP contribution in [0.25, 0.3) is 10.8 Å². The summed E-state index contributed by atoms with van der Waals surface area (Å²) in [6.07, 6.45) is 0. The van der Waals surface area contributed by atoms with Gasteiger partial charge in [-0.05, 0) is 31.4 Å². The molecule has 0 aliphatic carbocycles. The van der Waals surface area contributed by atoms with Gasteiger partial charge in [0.05, 0.1) is 17.5 Å². The summed E-state index contributed by atoms with van der Waals surface area (Å²) in [5.41, 5.74) is 1.65. The van der Waals surface area contributed by atoms with Gasteiger partial charge in [0.25, 0.3) is 5.91 Å². The van der Waals surface area contributed by atoms with E-state index < -0.39 is 17.4 Å². The molecule has 3 aromatic rings. The van der Waals surface area contributed by atoms with Crippen molar-refractivity contribution in [2.24, 2.45) is 11.8 Å². The van der Waals surface area contributed by atoms with Crippen molar-refractivity contribution in [2.45, 2.75) is 25.4 Å². The lowest BCUT2D eigenvalue weighted by molar-refractivity contribution is -0.132. The molecule has 34 heavy (non-hydrogen) atoms. The van der Waals surface area contributed by atoms with Gasteiger partial charge in [-0.25, -0.2) is 4.90 Å². The number of nitrogens with one attached hydrogen (secondary N) is 1. The Labute approximate surface area is 197 Å². The van der Waals surface area contributed by atoms with Gasteiger partial charge in [0.2, 0.25) is 11.8 Å². The third-order valence-electron chi connectivity index (χ3n) is 7.45. The maximum atomic E-state index is 14.1. The van der Waals surface area contributed by atoms with Crippen LogP contribution in [0, 0.1) is 11.8 Å². The van der Waals surface area contributed by atoms with Crippen molar-refractivity contribution in [1.29, 1.82) is 0 Å². The molecule has 0 bridgehead atoms. The largest absolute Gasteiger partial charge is 0.306 e. The predicted molar refractivity (Wildman–Crippen MR) is 131 cm³/mol. The average Bonchev–Trinajstić information content (AvgIpc) is 3.37. The molecule has 3 heterocycles. The zero-order valence-electron chi connectivity index (χ0n) is 19.1. The fraction of sp³-hybridized carbons (Fsp3) is 0.250. The highest BCUT2D eigenvalue weighted by molar-refractivity contribution is 6.28. The number of para-hydroxylation sites is 1. The van der Waals surface area contributed by atoms with E-state index in [1.54, 1.807) is 4.90 Å². The lowest BCUT2D eigenvalue weighted by Gasteiger charge is -2.30. The number of imide groups is 1. The first kappa shape index (κ1) is 20.8. The molecule has 3 aromatic carbocycles. The Balaban J connectivity index is 1.53. The second kappa shape index (κ2) is 7.11. The van der Waals surface area contributed by atoms with Crippen molar-refractivity contribution in [2.75, 3.05) is 16.3 Å². The maximum absolute atomic E-state index is 14.1. The quantitative estimate of drug-likeness (QED) is 0.486. The van der Waals surface area contributed by atoms with Gasteiger partial charge in [0.15, 0.2) is 0 Å². The smallest absolute Gasteiger partial charge is 0.253 e. The molecule has 1 spiro atoms. The number of carbonyl (C=O) groups is 3. The summed E-state index contributed by atoms with van der Waals surface area (Å²) < 4.78 is 0. The molecule has 0 unspecified atom stereocenters. The summed E-state index contributed by atoms with van der Waals surface area (Å²) >= 11 is 0. The van der Waals surface area contributed by atoms with Gasteiger partial charge in [-0.3, -0.25) is 19.7 Å². The molecule has 0 saturated carbocycles. The van der Waals surface area contributed by atoms with Crippen LogP contribution in [0.5, 0.6) is 0 Å². The van der Waals surface area contributed by atoms with Gasteiger partial charge in [0, 0.05) is 29.2 Å². The number of hydrogen-bond acceptors (Lipinski definition) is 4. The minimum Gasteiger partial charge on any atom is -0.306 e. The molecular formula is C28H25N3O3. The van der Waals surface area contributed by atoms with Gasteiger partial charge in [0.1, 0.15) is 5.54 Å². The monoisotopic (exact) mass is 451 g/mol. The predicted octanol–water partition coefficient (Wildman–Crippen LogP) is 3.76. The molecule has 1 N–H and O–H groups in total. The molecular weight excluding hydrogens is 426 g/mol. The first-order valence-corrected chi connectivity index (χ1v) is 11.6. The Morgan fingerprint density at radius 1 is 0.941 bits per heavy atom. The van der Waals surface area contributed by atoms with Gasteiger partial charge in [-0.15, -0.1) is 0 Å². The van der Waals surface area contributed by atoms with E-state index in [4.69, 9.17) is 0 Å². The summed E-state index contributed by atoms with van der Waals surface area (Å²) in [4.78, 5) is 45.0. The second-order valence-electron chi connectivity index (χ2n) is 9.62. The van der Waals surface area contributed by atoms with Crippen LogP contribution in [0.15, 0.2) is 78.9 Å². The molecule has 3 amide bonds. The second-order valence-corrected chi connectivity index (χ2v) is 9.62. The molecule has 4 atom stereocenters. The zero-order valence-corrected chi connectivity index (χ0v) is 19.1. The minimum atomic E-state index is -1.28. The fourth-order valence-corrected chi connectivity index (χ4v) is 6.18. The van der Waals surface area contributed by atoms with E-state index in [0.29, 0.717) is 12.2 Å². The topological polar surface area (TPSA) is 69.7 Å². The van der Waals surface area contributed by atoms with Gasteiger partial charge < -0.3 is 4.90 Å². The van der Waals surface area contributed by atoms with E-state index in [1.165, 1.54) is 4.90 Å². The van der Waals surface area contributed by atoms with E-state index in [0.717, 1.165) is 27.6 Å². The SMILES string of the molecule is C=C(C)CN1C(=O)[C@]2(N[C@H](C)[C@H]3C(=O)N(c4cccc5ccccc45)C(=O)[C@@H]32)c2ccccc21. The van der Waals surface area contributed by atoms with Crippen LogP contribution in [-0.4, -0.2) is 30.3 Å². The van der Waals surface area contributed by atoms with Gasteiger partial charge in [-0.1, -0.05) is 66.7 Å². The van der Waals surface area contributed by atoms with Crippen molar-refractivity contribution >= 4 is 39.9 Å². The van der Waals surface area contributed by atoms with E-state index in [-0.39, 0.29) is 23.8 Å². The Morgan fingerprint density at radius 3 is 2.41 bits per heavy atom. The molecule has 2 saturated heterocycles. The normalized spacial score (nSPS) is 27.7. The summed E-state index contributed by atoms with van der Waals surface area (Å²) in [6, 6.07) is 20.5. The lowest BCUT2D eigenvalue weighted by atomic mass is 9.76. The number of benzene rings is 3. The van der Waals surface area contributed by atoms with Gasteiger partial charge >= 0.3 is 0 Å². The van der Waals surface area contributed by atoms with Crippen molar-refractivity contribution in [3.8, 4) is 0 Å². The molecule has 6 heteroatoms. The summed E-state index contributed by atoms with van der Waals surface area (Å²) in [7, 11) is 0. The number of nitrogens with zero attached hydrogens (tertiary/aromatic N) is 2. The molecule has 0 radical (unpaired) electrons. The standard InChI is InChI=1S/C28H25N3O3/c1-16(2)15-30-22-13-7-6-12-20(22)28(27(30)34)24-23(17(3)29-28)25(32)31(26(24)33)21-14-8-10-18-9-4-5-11-19(18)21/h4-14,17,23-24,29H,1,15H2,2-3H3/t17-,23-,24-,28+/m1/s1. The molecule has 6 nitrogen and oxygen atoms in total. The maximum Gasteiger partial charge on any atom is 0.253 e. The third-order valence-corrected chi connectivity index (χ3v) is 7.45. The Hall–Kier alpha value is -3.77. The summed E-state index contributed by atoms with van der Waals surface area (Å²) in [5.74, 6) is -2.24. The molecule has 2 fully saturated rings. The van der Waals surface area contributed by atoms with Crippen molar-refractivity contribution < 1.29 is 14.4 Å². The van der Waals surface area contributed by atoms with Crippen LogP contribution in [0.1, 0.15) is 19.4 Å². The fourth-order valence-electron chi connectivity index (χ4n) is 6.18. The molecule has 3 aliphatic heterocycles. The lowest BCUT2D eigenvalue weighted by Crippen LogP contribution is -2.55. The van der Waals surface area contributed by atoms with E-state index in [1.807, 2.05) is 80.6 Å². The minimum absolute atomic E-state index is 0.197. The highest BCUT2D eigenvalue weighted by Crippen LogP contribution is 2.55. The van der Waals surface area contributed by atoms with Crippen molar-refractivity contribution in [3.63, 3.8) is 0 Å². The van der Waals surface area contributed by atoms with E-state index in [2.05, 4.69) is 11.9 Å². The van der Waals surface area contributed by atoms with Crippen molar-refractivity contribution in [3.05, 3.63) is 84.4 Å². The van der Waals surface area contributed by atoms with Crippen LogP contribution in [0.2, 0.25) is 0 Å². The van der Waals surface area contributed by atoms with Crippen LogP contribution < -0.4 is 15.1 Å². The average molecular weight is 452 g/mol. The first-order valence-electron chi connectivity index (χ1n) is 11.6. The van der Waals surface area contributed by atoms with Crippen molar-refractivity contribution in [1.82, 2.24) is 5.32 Å². The highest BCUT2D eigenvalue weighted by Gasteiger charge is 2.71. The molecule has 0 aromatic heterocycles. The summed E-state index contributed by atoms with van der Waals surface area (Å²) in [6.45, 7) is 8.11. The van der Waals surface area contributed by atoms with Crippen LogP contribution >= 0.6 is 0 Å². The first-order chi connectivity index (χ1) is 16.4. The van der Waals surface area contributed by atoms with Crippen LogP contribution in [0.3, 0.4) is 0 Å². The number of anilines is 2.